The summed E-state index contributed by atoms with van der Waals surface area (Å²) in [6.45, 7) is 3.62. The summed E-state index contributed by atoms with van der Waals surface area (Å²) in [5.74, 6) is -0.509. The molecule has 4 rings (SSSR count). The molecule has 0 unspecified atom stereocenters. The predicted octanol–water partition coefficient (Wildman–Crippen LogP) is 6.47. The molecule has 0 bridgehead atoms. The monoisotopic (exact) mass is 598 g/mol. The Hall–Kier alpha value is -3.63. The van der Waals surface area contributed by atoms with Crippen LogP contribution in [0.2, 0.25) is 0 Å². The fourth-order valence-electron chi connectivity index (χ4n) is 3.71. The van der Waals surface area contributed by atoms with Gasteiger partial charge in [0.2, 0.25) is 5.91 Å². The van der Waals surface area contributed by atoms with Crippen molar-refractivity contribution in [2.24, 2.45) is 0 Å². The highest BCUT2D eigenvalue weighted by molar-refractivity contribution is 9.10. The molecule has 0 radical (unpaired) electrons. The van der Waals surface area contributed by atoms with E-state index in [-0.39, 0.29) is 17.3 Å². The lowest BCUT2D eigenvalue weighted by molar-refractivity contribution is -0.127. The van der Waals surface area contributed by atoms with Crippen LogP contribution >= 0.6 is 27.7 Å². The highest BCUT2D eigenvalue weighted by Gasteiger charge is 2.36. The number of rotatable bonds is 8. The van der Waals surface area contributed by atoms with Crippen molar-refractivity contribution in [3.8, 4) is 11.5 Å². The van der Waals surface area contributed by atoms with Crippen LogP contribution in [0.15, 0.2) is 64.0 Å². The molecule has 1 saturated heterocycles. The number of aryl methyl sites for hydroxylation is 1. The number of imide groups is 1. The summed E-state index contributed by atoms with van der Waals surface area (Å²) in [6, 6.07) is 14.9. The van der Waals surface area contributed by atoms with Gasteiger partial charge in [0.15, 0.2) is 11.5 Å². The van der Waals surface area contributed by atoms with Gasteiger partial charge in [0.05, 0.1) is 16.5 Å². The molecule has 196 valence electrons. The Balaban J connectivity index is 1.47. The van der Waals surface area contributed by atoms with E-state index in [9.17, 15) is 18.8 Å². The minimum absolute atomic E-state index is 0.184. The first-order valence-electron chi connectivity index (χ1n) is 11.5. The molecular formula is C28H24BrFN2O5S. The molecule has 0 spiro atoms. The minimum atomic E-state index is -0.553. The van der Waals surface area contributed by atoms with E-state index in [0.717, 1.165) is 33.4 Å². The zero-order chi connectivity index (χ0) is 27.4. The van der Waals surface area contributed by atoms with E-state index < -0.39 is 23.6 Å². The predicted molar refractivity (Wildman–Crippen MR) is 149 cm³/mol. The van der Waals surface area contributed by atoms with Crippen molar-refractivity contribution >= 4 is 56.5 Å². The van der Waals surface area contributed by atoms with Crippen LogP contribution in [0.4, 0.5) is 14.9 Å². The average Bonchev–Trinajstić information content (AvgIpc) is 3.14. The number of benzene rings is 3. The van der Waals surface area contributed by atoms with E-state index in [1.807, 2.05) is 26.0 Å². The molecule has 3 aromatic rings. The highest BCUT2D eigenvalue weighted by Crippen LogP contribution is 2.39. The Labute approximate surface area is 232 Å². The number of anilines is 1. The Morgan fingerprint density at radius 3 is 2.58 bits per heavy atom. The van der Waals surface area contributed by atoms with Gasteiger partial charge in [-0.2, -0.15) is 0 Å². The third kappa shape index (κ3) is 6.25. The van der Waals surface area contributed by atoms with Gasteiger partial charge in [-0.05, 0) is 100 Å². The van der Waals surface area contributed by atoms with Gasteiger partial charge in [0, 0.05) is 5.69 Å². The molecule has 10 heteroatoms. The fourth-order valence-corrected chi connectivity index (χ4v) is 5.12. The van der Waals surface area contributed by atoms with Crippen LogP contribution < -0.4 is 14.8 Å². The van der Waals surface area contributed by atoms with E-state index in [1.54, 1.807) is 36.4 Å². The molecule has 0 saturated carbocycles. The topological polar surface area (TPSA) is 84.9 Å². The first-order valence-corrected chi connectivity index (χ1v) is 13.1. The molecule has 1 aliphatic rings. The first kappa shape index (κ1) is 27.4. The second kappa shape index (κ2) is 11.8. The lowest BCUT2D eigenvalue weighted by Gasteiger charge is -2.14. The third-order valence-electron chi connectivity index (χ3n) is 5.90. The van der Waals surface area contributed by atoms with Crippen LogP contribution in [0.25, 0.3) is 6.08 Å². The van der Waals surface area contributed by atoms with Crippen LogP contribution in [0.5, 0.6) is 11.5 Å². The van der Waals surface area contributed by atoms with Gasteiger partial charge in [-0.15, -0.1) is 0 Å². The molecule has 1 N–H and O–H groups in total. The smallest absolute Gasteiger partial charge is 0.294 e. The van der Waals surface area contributed by atoms with Gasteiger partial charge in [-0.1, -0.05) is 24.3 Å². The molecule has 7 nitrogen and oxygen atoms in total. The van der Waals surface area contributed by atoms with E-state index >= 15 is 0 Å². The van der Waals surface area contributed by atoms with Crippen LogP contribution in [-0.4, -0.2) is 35.6 Å². The maximum Gasteiger partial charge on any atom is 0.294 e. The van der Waals surface area contributed by atoms with Crippen molar-refractivity contribution in [3.05, 3.63) is 92.0 Å². The van der Waals surface area contributed by atoms with Crippen molar-refractivity contribution in [1.29, 1.82) is 0 Å². The Morgan fingerprint density at radius 1 is 1.13 bits per heavy atom. The number of methoxy groups -OCH3 is 1. The van der Waals surface area contributed by atoms with Crippen molar-refractivity contribution < 1.29 is 28.2 Å². The number of carbonyl (C=O) groups excluding carboxylic acids is 3. The molecule has 3 amide bonds. The summed E-state index contributed by atoms with van der Waals surface area (Å²) in [4.78, 5) is 39.2. The average molecular weight is 599 g/mol. The summed E-state index contributed by atoms with van der Waals surface area (Å²) in [5.41, 5.74) is 3.94. The van der Waals surface area contributed by atoms with Gasteiger partial charge in [0.25, 0.3) is 11.1 Å². The number of carbonyl (C=O) groups is 3. The lowest BCUT2D eigenvalue weighted by atomic mass is 10.1. The second-order valence-corrected chi connectivity index (χ2v) is 10.4. The Kier molecular flexibility index (Phi) is 8.53. The van der Waals surface area contributed by atoms with E-state index in [0.29, 0.717) is 27.2 Å². The number of thioether (sulfide) groups is 1. The van der Waals surface area contributed by atoms with Crippen molar-refractivity contribution in [1.82, 2.24) is 4.90 Å². The first-order chi connectivity index (χ1) is 18.2. The number of halogens is 2. The van der Waals surface area contributed by atoms with Gasteiger partial charge >= 0.3 is 0 Å². The molecule has 1 heterocycles. The van der Waals surface area contributed by atoms with Gasteiger partial charge in [-0.25, -0.2) is 4.39 Å². The number of hydrogen-bond acceptors (Lipinski definition) is 6. The highest BCUT2D eigenvalue weighted by atomic mass is 79.9. The molecule has 0 aliphatic carbocycles. The second-order valence-electron chi connectivity index (χ2n) is 8.51. The molecule has 0 aromatic heterocycles. The lowest BCUT2D eigenvalue weighted by Crippen LogP contribution is -2.36. The fraction of sp³-hybridized carbons (Fsp3) is 0.179. The van der Waals surface area contributed by atoms with Crippen LogP contribution in [0.3, 0.4) is 0 Å². The summed E-state index contributed by atoms with van der Waals surface area (Å²) in [5, 5.41) is 2.24. The van der Waals surface area contributed by atoms with Gasteiger partial charge in [-0.3, -0.25) is 19.3 Å². The maximum absolute atomic E-state index is 13.2. The largest absolute Gasteiger partial charge is 0.493 e. The van der Waals surface area contributed by atoms with Gasteiger partial charge < -0.3 is 14.8 Å². The molecule has 3 aromatic carbocycles. The van der Waals surface area contributed by atoms with Crippen molar-refractivity contribution in [2.45, 2.75) is 20.5 Å². The number of hydrogen-bond donors (Lipinski definition) is 1. The summed E-state index contributed by atoms with van der Waals surface area (Å²) in [7, 11) is 1.48. The standard InChI is InChI=1S/C28H24BrFN2O5S/c1-16-5-4-6-22(17(16)2)31-25(33)14-32-27(34)24(38-28(32)35)13-19-11-21(29)26(23(12-19)36-3)37-15-18-7-9-20(30)10-8-18/h4-13H,14-15H2,1-3H3,(H,31,33)/b24-13+. The number of nitrogens with zero attached hydrogens (tertiary/aromatic N) is 1. The SMILES string of the molecule is COc1cc(/C=C2/SC(=O)N(CC(=O)Nc3cccc(C)c3C)C2=O)cc(Br)c1OCc1ccc(F)cc1. The normalized spacial score (nSPS) is 14.2. The summed E-state index contributed by atoms with van der Waals surface area (Å²) in [6.07, 6.45) is 1.56. The summed E-state index contributed by atoms with van der Waals surface area (Å²) >= 11 is 4.23. The zero-order valence-electron chi connectivity index (χ0n) is 20.8. The van der Waals surface area contributed by atoms with Crippen LogP contribution in [-0.2, 0) is 16.2 Å². The molecule has 1 aliphatic heterocycles. The van der Waals surface area contributed by atoms with E-state index in [4.69, 9.17) is 9.47 Å². The third-order valence-corrected chi connectivity index (χ3v) is 7.40. The number of ether oxygens (including phenoxy) is 2. The zero-order valence-corrected chi connectivity index (χ0v) is 23.2. The van der Waals surface area contributed by atoms with E-state index in [2.05, 4.69) is 21.2 Å². The van der Waals surface area contributed by atoms with Crippen molar-refractivity contribution in [2.75, 3.05) is 19.0 Å². The van der Waals surface area contributed by atoms with Crippen LogP contribution in [0.1, 0.15) is 22.3 Å². The molecule has 0 atom stereocenters. The number of amides is 3. The Morgan fingerprint density at radius 2 is 1.87 bits per heavy atom. The van der Waals surface area contributed by atoms with E-state index in [1.165, 1.54) is 19.2 Å². The number of nitrogens with one attached hydrogen (secondary N) is 1. The van der Waals surface area contributed by atoms with Gasteiger partial charge in [0.1, 0.15) is 19.0 Å². The quantitative estimate of drug-likeness (QED) is 0.299. The maximum atomic E-state index is 13.2. The van der Waals surface area contributed by atoms with Crippen LogP contribution in [0, 0.1) is 19.7 Å². The molecule has 1 fully saturated rings. The molecular weight excluding hydrogens is 575 g/mol. The minimum Gasteiger partial charge on any atom is -0.493 e. The molecule has 38 heavy (non-hydrogen) atoms. The van der Waals surface area contributed by atoms with Crippen molar-refractivity contribution in [3.63, 3.8) is 0 Å². The summed E-state index contributed by atoms with van der Waals surface area (Å²) < 4.78 is 25.1. The Bertz CT molecular complexity index is 1440.